The number of unbranched alkanes of at least 4 members (excludes halogenated alkanes) is 1. The van der Waals surface area contributed by atoms with Crippen LogP contribution in [0.25, 0.3) is 0 Å². The molecule has 0 aromatic carbocycles. The zero-order chi connectivity index (χ0) is 8.91. The number of halogens is 2. The highest BCUT2D eigenvalue weighted by molar-refractivity contribution is 9.27. The maximum atomic E-state index is 6.30. The lowest BCUT2D eigenvalue weighted by Gasteiger charge is -2.16. The highest BCUT2D eigenvalue weighted by atomic mass is 79.9. The Morgan fingerprint density at radius 1 is 1.64 bits per heavy atom. The van der Waals surface area contributed by atoms with E-state index in [0.717, 1.165) is 12.1 Å². The standard InChI is InChI=1S/C8H16BrClSi/c1-4-5-6-11(9,10)7-8(2)3/h2,4-7H2,1,3H3. The highest BCUT2D eigenvalue weighted by Crippen LogP contribution is 2.32. The van der Waals surface area contributed by atoms with Crippen molar-refractivity contribution in [1.82, 2.24) is 0 Å². The van der Waals surface area contributed by atoms with Crippen molar-refractivity contribution in [3.8, 4) is 0 Å². The van der Waals surface area contributed by atoms with E-state index in [2.05, 4.69) is 28.8 Å². The minimum Gasteiger partial charge on any atom is -0.152 e. The molecule has 0 saturated heterocycles. The Morgan fingerprint density at radius 3 is 2.55 bits per heavy atom. The number of allylic oxidation sites excluding steroid dienone is 1. The van der Waals surface area contributed by atoms with Gasteiger partial charge in [-0.1, -0.05) is 25.3 Å². The molecule has 0 radical (unpaired) electrons. The van der Waals surface area contributed by atoms with E-state index in [1.807, 2.05) is 6.92 Å². The van der Waals surface area contributed by atoms with Crippen LogP contribution in [0, 0.1) is 0 Å². The predicted molar refractivity (Wildman–Crippen MR) is 59.9 cm³/mol. The van der Waals surface area contributed by atoms with E-state index in [0.29, 0.717) is 0 Å². The van der Waals surface area contributed by atoms with Crippen molar-refractivity contribution in [2.75, 3.05) is 0 Å². The fraction of sp³-hybridized carbons (Fsp3) is 0.750. The fourth-order valence-electron chi connectivity index (χ4n) is 0.965. The summed E-state index contributed by atoms with van der Waals surface area (Å²) in [6, 6.07) is 0.543. The van der Waals surface area contributed by atoms with Gasteiger partial charge < -0.3 is 0 Å². The maximum absolute atomic E-state index is 6.30. The van der Waals surface area contributed by atoms with Gasteiger partial charge in [0.1, 0.15) is 0 Å². The molecule has 11 heavy (non-hydrogen) atoms. The van der Waals surface area contributed by atoms with Crippen molar-refractivity contribution in [2.45, 2.75) is 38.8 Å². The summed E-state index contributed by atoms with van der Waals surface area (Å²) in [5.74, 6) is 0. The van der Waals surface area contributed by atoms with Crippen LogP contribution in [0.2, 0.25) is 12.1 Å². The van der Waals surface area contributed by atoms with Crippen LogP contribution in [0.3, 0.4) is 0 Å². The predicted octanol–water partition coefficient (Wildman–Crippen LogP) is 4.44. The van der Waals surface area contributed by atoms with Crippen LogP contribution >= 0.6 is 26.4 Å². The normalized spacial score (nSPS) is 16.0. The second-order valence-corrected chi connectivity index (χ2v) is 13.8. The Labute approximate surface area is 83.3 Å². The molecule has 0 spiro atoms. The van der Waals surface area contributed by atoms with Gasteiger partial charge in [0.2, 0.25) is 6.00 Å². The summed E-state index contributed by atoms with van der Waals surface area (Å²) >= 11 is 9.93. The van der Waals surface area contributed by atoms with E-state index in [9.17, 15) is 0 Å². The fourth-order valence-corrected chi connectivity index (χ4v) is 6.26. The first-order valence-electron chi connectivity index (χ1n) is 4.00. The minimum absolute atomic E-state index is 0.995. The van der Waals surface area contributed by atoms with Gasteiger partial charge in [0.25, 0.3) is 0 Å². The van der Waals surface area contributed by atoms with Crippen LogP contribution in [0.15, 0.2) is 12.2 Å². The molecule has 0 aromatic heterocycles. The maximum Gasteiger partial charge on any atom is 0.230 e. The van der Waals surface area contributed by atoms with Crippen molar-refractivity contribution >= 4 is 32.4 Å². The molecule has 0 aliphatic carbocycles. The van der Waals surface area contributed by atoms with Gasteiger partial charge in [-0.3, -0.25) is 0 Å². The lowest BCUT2D eigenvalue weighted by molar-refractivity contribution is 0.875. The molecule has 0 nitrogen and oxygen atoms in total. The third-order valence-electron chi connectivity index (χ3n) is 1.46. The van der Waals surface area contributed by atoms with Crippen molar-refractivity contribution in [1.29, 1.82) is 0 Å². The molecule has 0 aromatic rings. The van der Waals surface area contributed by atoms with E-state index < -0.39 is 6.00 Å². The van der Waals surface area contributed by atoms with Crippen molar-refractivity contribution in [2.24, 2.45) is 0 Å². The molecule has 0 N–H and O–H groups in total. The molecule has 0 fully saturated rings. The van der Waals surface area contributed by atoms with Gasteiger partial charge in [0.05, 0.1) is 0 Å². The topological polar surface area (TPSA) is 0 Å². The average molecular weight is 256 g/mol. The first kappa shape index (κ1) is 11.7. The molecule has 66 valence electrons. The SMILES string of the molecule is C=C(C)C[Si](Cl)(Br)CCCC. The van der Waals surface area contributed by atoms with Crippen molar-refractivity contribution in [3.63, 3.8) is 0 Å². The van der Waals surface area contributed by atoms with Gasteiger partial charge in [0.15, 0.2) is 0 Å². The minimum atomic E-state index is -1.60. The van der Waals surface area contributed by atoms with Gasteiger partial charge in [-0.05, 0) is 19.0 Å². The molecule has 0 aliphatic heterocycles. The Morgan fingerprint density at radius 2 is 2.18 bits per heavy atom. The molecule has 0 heterocycles. The zero-order valence-corrected chi connectivity index (χ0v) is 10.6. The monoisotopic (exact) mass is 254 g/mol. The van der Waals surface area contributed by atoms with Crippen LogP contribution in [0.4, 0.5) is 0 Å². The average Bonchev–Trinajstić information content (AvgIpc) is 1.81. The molecule has 0 aliphatic rings. The summed E-state index contributed by atoms with van der Waals surface area (Å²) < 4.78 is 0. The Kier molecular flexibility index (Phi) is 5.74. The van der Waals surface area contributed by atoms with Gasteiger partial charge in [-0.15, -0.1) is 21.9 Å². The van der Waals surface area contributed by atoms with E-state index in [1.54, 1.807) is 0 Å². The number of hydrogen-bond acceptors (Lipinski definition) is 0. The van der Waals surface area contributed by atoms with Crippen molar-refractivity contribution < 1.29 is 0 Å². The van der Waals surface area contributed by atoms with Crippen LogP contribution in [-0.4, -0.2) is 6.00 Å². The van der Waals surface area contributed by atoms with Gasteiger partial charge in [-0.25, -0.2) is 0 Å². The van der Waals surface area contributed by atoms with Gasteiger partial charge >= 0.3 is 0 Å². The Bertz CT molecular complexity index is 134. The largest absolute Gasteiger partial charge is 0.230 e. The molecule has 0 saturated carbocycles. The van der Waals surface area contributed by atoms with Crippen LogP contribution in [0.1, 0.15) is 26.7 Å². The van der Waals surface area contributed by atoms with Gasteiger partial charge in [0, 0.05) is 0 Å². The molecule has 3 heteroatoms. The lowest BCUT2D eigenvalue weighted by atomic mass is 10.4. The summed E-state index contributed by atoms with van der Waals surface area (Å²) in [6.45, 7) is 8.10. The molecular formula is C8H16BrClSi. The smallest absolute Gasteiger partial charge is 0.152 e. The summed E-state index contributed by atoms with van der Waals surface area (Å²) in [5, 5.41) is 0. The molecule has 0 amide bonds. The summed E-state index contributed by atoms with van der Waals surface area (Å²) in [4.78, 5) is 0. The molecular weight excluding hydrogens is 240 g/mol. The van der Waals surface area contributed by atoms with Gasteiger partial charge in [-0.2, -0.15) is 11.1 Å². The van der Waals surface area contributed by atoms with E-state index in [1.165, 1.54) is 18.4 Å². The highest BCUT2D eigenvalue weighted by Gasteiger charge is 2.25. The third kappa shape index (κ3) is 7.10. The zero-order valence-electron chi connectivity index (χ0n) is 7.29. The number of hydrogen-bond donors (Lipinski definition) is 0. The molecule has 0 bridgehead atoms. The van der Waals surface area contributed by atoms with E-state index in [-0.39, 0.29) is 0 Å². The van der Waals surface area contributed by atoms with Crippen LogP contribution in [-0.2, 0) is 0 Å². The number of rotatable bonds is 5. The summed E-state index contributed by atoms with van der Waals surface area (Å²) in [5.41, 5.74) is 1.19. The summed E-state index contributed by atoms with van der Waals surface area (Å²) in [6.07, 6.45) is 2.46. The third-order valence-corrected chi connectivity index (χ3v) is 6.66. The lowest BCUT2D eigenvalue weighted by Crippen LogP contribution is -2.17. The molecule has 0 rings (SSSR count). The quantitative estimate of drug-likeness (QED) is 0.387. The van der Waals surface area contributed by atoms with Crippen molar-refractivity contribution in [3.05, 3.63) is 12.2 Å². The first-order valence-corrected chi connectivity index (χ1v) is 9.68. The Balaban J connectivity index is 3.70. The Hall–Kier alpha value is 0.727. The van der Waals surface area contributed by atoms with E-state index >= 15 is 0 Å². The second-order valence-electron chi connectivity index (χ2n) is 3.09. The van der Waals surface area contributed by atoms with Crippen LogP contribution in [0.5, 0.6) is 0 Å². The molecule has 1 atom stereocenters. The summed E-state index contributed by atoms with van der Waals surface area (Å²) in [7, 11) is 0. The molecule has 1 unspecified atom stereocenters. The second kappa shape index (κ2) is 5.39. The van der Waals surface area contributed by atoms with Crippen LogP contribution < -0.4 is 0 Å². The van der Waals surface area contributed by atoms with E-state index in [4.69, 9.17) is 11.1 Å². The first-order chi connectivity index (χ1) is 4.98.